The van der Waals surface area contributed by atoms with Crippen molar-refractivity contribution < 1.29 is 80.2 Å². The van der Waals surface area contributed by atoms with Gasteiger partial charge in [0.2, 0.25) is 0 Å². The molecule has 4 unspecified atom stereocenters. The van der Waals surface area contributed by atoms with Crippen molar-refractivity contribution in [3.05, 3.63) is 0 Å². The molecule has 100 heavy (non-hydrogen) atoms. The van der Waals surface area contributed by atoms with Crippen molar-refractivity contribution in [3.8, 4) is 0 Å². The molecule has 19 heteroatoms. The van der Waals surface area contributed by atoms with Crippen molar-refractivity contribution in [2.45, 2.75) is 433 Å². The van der Waals surface area contributed by atoms with Crippen LogP contribution < -0.4 is 0 Å². The summed E-state index contributed by atoms with van der Waals surface area (Å²) in [5.41, 5.74) is 0. The molecule has 0 aliphatic rings. The van der Waals surface area contributed by atoms with Crippen molar-refractivity contribution in [1.29, 1.82) is 0 Å². The van der Waals surface area contributed by atoms with Gasteiger partial charge in [-0.15, -0.1) is 0 Å². The number of ether oxygens (including phenoxy) is 4. The Kier molecular flexibility index (Phi) is 68.7. The summed E-state index contributed by atoms with van der Waals surface area (Å²) in [6, 6.07) is 0. The molecule has 0 saturated carbocycles. The van der Waals surface area contributed by atoms with E-state index in [0.717, 1.165) is 120 Å². The van der Waals surface area contributed by atoms with Gasteiger partial charge in [-0.25, -0.2) is 9.13 Å². The molecule has 7 atom stereocenters. The highest BCUT2D eigenvalue weighted by atomic mass is 31.2. The summed E-state index contributed by atoms with van der Waals surface area (Å²) in [4.78, 5) is 73.0. The van der Waals surface area contributed by atoms with Gasteiger partial charge < -0.3 is 33.8 Å². The molecule has 0 amide bonds. The van der Waals surface area contributed by atoms with E-state index in [4.69, 9.17) is 37.0 Å². The predicted molar refractivity (Wildman–Crippen MR) is 409 cm³/mol. The third-order valence-corrected chi connectivity index (χ3v) is 21.4. The van der Waals surface area contributed by atoms with E-state index in [2.05, 4.69) is 55.4 Å². The fraction of sp³-hybridized carbons (Fsp3) is 0.951. The maximum absolute atomic E-state index is 13.1. The summed E-state index contributed by atoms with van der Waals surface area (Å²) in [5.74, 6) is 1.04. The van der Waals surface area contributed by atoms with Gasteiger partial charge >= 0.3 is 39.5 Å². The van der Waals surface area contributed by atoms with E-state index in [1.54, 1.807) is 0 Å². The second-order valence-corrected chi connectivity index (χ2v) is 33.5. The highest BCUT2D eigenvalue weighted by Gasteiger charge is 2.30. The zero-order valence-corrected chi connectivity index (χ0v) is 67.6. The quantitative estimate of drug-likeness (QED) is 0.0222. The Balaban J connectivity index is 5.24. The highest BCUT2D eigenvalue weighted by Crippen LogP contribution is 2.45. The van der Waals surface area contributed by atoms with Crippen LogP contribution in [0.3, 0.4) is 0 Å². The van der Waals surface area contributed by atoms with Gasteiger partial charge in [-0.2, -0.15) is 0 Å². The number of phosphoric ester groups is 2. The van der Waals surface area contributed by atoms with Crippen molar-refractivity contribution in [2.24, 2.45) is 23.7 Å². The van der Waals surface area contributed by atoms with Gasteiger partial charge in [0.25, 0.3) is 0 Å². The van der Waals surface area contributed by atoms with Crippen LogP contribution in [0.25, 0.3) is 0 Å². The molecule has 0 spiro atoms. The SMILES string of the molecule is CCC(C)CCCCCCCCCCCCCCCCC(=O)OC[C@H](COP(=O)(O)OC[C@@H](O)COP(=O)(O)OC[C@@H](COC(=O)CCCCCCCCC(C)CC)OC(=O)CCCCCCCCCCCCCCCCC(C)C)OC(=O)CCCCCCCCCCCCCCC(C)C. The van der Waals surface area contributed by atoms with Crippen LogP contribution in [0.15, 0.2) is 0 Å². The summed E-state index contributed by atoms with van der Waals surface area (Å²) in [6.45, 7) is 14.3. The zero-order valence-electron chi connectivity index (χ0n) is 65.8. The van der Waals surface area contributed by atoms with Gasteiger partial charge in [-0.05, 0) is 49.4 Å². The van der Waals surface area contributed by atoms with Crippen LogP contribution in [-0.4, -0.2) is 96.7 Å². The minimum atomic E-state index is -4.96. The minimum absolute atomic E-state index is 0.106. The second kappa shape index (κ2) is 70.1. The van der Waals surface area contributed by atoms with Crippen LogP contribution in [-0.2, 0) is 65.4 Å². The normalized spacial score (nSPS) is 14.6. The first-order valence-electron chi connectivity index (χ1n) is 41.8. The second-order valence-electron chi connectivity index (χ2n) is 30.6. The van der Waals surface area contributed by atoms with Gasteiger partial charge in [0.15, 0.2) is 12.2 Å². The van der Waals surface area contributed by atoms with E-state index in [9.17, 15) is 43.2 Å². The average molecular weight is 1470 g/mol. The number of aliphatic hydroxyl groups excluding tert-OH is 1. The van der Waals surface area contributed by atoms with Crippen LogP contribution in [0.1, 0.15) is 415 Å². The molecule has 0 aliphatic heterocycles. The molecule has 0 radical (unpaired) electrons. The molecule has 0 aliphatic carbocycles. The topological polar surface area (TPSA) is 237 Å². The highest BCUT2D eigenvalue weighted by molar-refractivity contribution is 7.47. The van der Waals surface area contributed by atoms with E-state index < -0.39 is 97.5 Å². The van der Waals surface area contributed by atoms with Gasteiger partial charge in [-0.3, -0.25) is 37.3 Å². The summed E-state index contributed by atoms with van der Waals surface area (Å²) in [6.07, 6.45) is 56.8. The predicted octanol–water partition coefficient (Wildman–Crippen LogP) is 24.0. The fourth-order valence-corrected chi connectivity index (χ4v) is 13.9. The fourth-order valence-electron chi connectivity index (χ4n) is 12.4. The lowest BCUT2D eigenvalue weighted by atomic mass is 9.99. The zero-order chi connectivity index (χ0) is 73.8. The lowest BCUT2D eigenvalue weighted by molar-refractivity contribution is -0.161. The van der Waals surface area contributed by atoms with Crippen molar-refractivity contribution in [1.82, 2.24) is 0 Å². The average Bonchev–Trinajstić information content (AvgIpc) is 0.948. The number of hydrogen-bond donors (Lipinski definition) is 3. The number of carbonyl (C=O) groups excluding carboxylic acids is 4. The first-order valence-corrected chi connectivity index (χ1v) is 44.8. The van der Waals surface area contributed by atoms with Gasteiger partial charge in [0, 0.05) is 25.7 Å². The molecule has 0 heterocycles. The summed E-state index contributed by atoms with van der Waals surface area (Å²) in [7, 11) is -9.92. The van der Waals surface area contributed by atoms with Crippen LogP contribution in [0.5, 0.6) is 0 Å². The van der Waals surface area contributed by atoms with Crippen molar-refractivity contribution in [2.75, 3.05) is 39.6 Å². The standard InChI is InChI=1S/C81H158O17P2/c1-9-73(7)59-51-43-35-29-23-16-12-14-17-24-30-36-45-53-61-78(83)91-67-76(97-80(85)64-56-48-38-32-26-20-19-22-28-34-42-50-58-72(5)6)69-95-99(87,88)93-65-75(82)66-94-100(89,90)96-70-77(68-92-79(84)62-54-46-40-39-44-52-60-74(8)10-2)98-81(86)63-55-47-37-31-25-18-13-11-15-21-27-33-41-49-57-71(3)4/h71-77,82H,9-70H2,1-8H3,(H,87,88)(H,89,90)/t73?,74?,75-,76-,77-/m1/s1. The van der Waals surface area contributed by atoms with Crippen LogP contribution >= 0.6 is 15.6 Å². The van der Waals surface area contributed by atoms with Crippen molar-refractivity contribution in [3.63, 3.8) is 0 Å². The first kappa shape index (κ1) is 98.1. The molecule has 0 bridgehead atoms. The summed E-state index contributed by atoms with van der Waals surface area (Å²) < 4.78 is 68.7. The van der Waals surface area contributed by atoms with Crippen LogP contribution in [0.4, 0.5) is 0 Å². The Hall–Kier alpha value is -1.94. The molecule has 0 saturated heterocycles. The number of hydrogen-bond acceptors (Lipinski definition) is 15. The Morgan fingerprint density at radius 2 is 0.480 bits per heavy atom. The maximum Gasteiger partial charge on any atom is 0.472 e. The maximum atomic E-state index is 13.1. The number of phosphoric acid groups is 2. The Labute approximate surface area is 613 Å². The lowest BCUT2D eigenvalue weighted by Crippen LogP contribution is -2.30. The number of rotatable bonds is 78. The number of carbonyl (C=O) groups is 4. The Bertz CT molecular complexity index is 1960. The number of esters is 4. The van der Waals surface area contributed by atoms with Gasteiger partial charge in [0.05, 0.1) is 26.4 Å². The van der Waals surface area contributed by atoms with Crippen LogP contribution in [0.2, 0.25) is 0 Å². The number of unbranched alkanes of at least 4 members (excludes halogenated alkanes) is 42. The first-order chi connectivity index (χ1) is 48.2. The lowest BCUT2D eigenvalue weighted by Gasteiger charge is -2.21. The van der Waals surface area contributed by atoms with E-state index in [1.807, 2.05) is 0 Å². The largest absolute Gasteiger partial charge is 0.472 e. The molecule has 3 N–H and O–H groups in total. The van der Waals surface area contributed by atoms with Gasteiger partial charge in [0.1, 0.15) is 19.3 Å². The molecular formula is C81H158O17P2. The Morgan fingerprint density at radius 3 is 0.710 bits per heavy atom. The minimum Gasteiger partial charge on any atom is -0.462 e. The molecule has 0 rings (SSSR count). The van der Waals surface area contributed by atoms with Crippen LogP contribution in [0, 0.1) is 23.7 Å². The summed E-state index contributed by atoms with van der Waals surface area (Å²) in [5, 5.41) is 10.6. The molecule has 0 aromatic rings. The smallest absolute Gasteiger partial charge is 0.462 e. The number of aliphatic hydroxyl groups is 1. The molecule has 17 nitrogen and oxygen atoms in total. The molecule has 594 valence electrons. The van der Waals surface area contributed by atoms with E-state index in [-0.39, 0.29) is 25.7 Å². The summed E-state index contributed by atoms with van der Waals surface area (Å²) >= 11 is 0. The van der Waals surface area contributed by atoms with E-state index >= 15 is 0 Å². The molecule has 0 fully saturated rings. The molecule has 0 aromatic heterocycles. The monoisotopic (exact) mass is 1470 g/mol. The third kappa shape index (κ3) is 71.7. The van der Waals surface area contributed by atoms with Crippen molar-refractivity contribution >= 4 is 39.5 Å². The van der Waals surface area contributed by atoms with E-state index in [0.29, 0.717) is 25.7 Å². The van der Waals surface area contributed by atoms with E-state index in [1.165, 1.54) is 212 Å². The molecular weight excluding hydrogens is 1310 g/mol. The molecule has 0 aromatic carbocycles. The third-order valence-electron chi connectivity index (χ3n) is 19.5. The van der Waals surface area contributed by atoms with Gasteiger partial charge in [-0.1, -0.05) is 364 Å². The Morgan fingerprint density at radius 1 is 0.280 bits per heavy atom.